The van der Waals surface area contributed by atoms with E-state index in [-0.39, 0.29) is 5.69 Å². The molecule has 0 aliphatic rings. The fourth-order valence-corrected chi connectivity index (χ4v) is 1.37. The Morgan fingerprint density at radius 2 is 2.62 bits per heavy atom. The Bertz CT molecular complexity index is 331. The Morgan fingerprint density at radius 1 is 1.85 bits per heavy atom. The van der Waals surface area contributed by atoms with Crippen LogP contribution in [0.3, 0.4) is 0 Å². The van der Waals surface area contributed by atoms with Gasteiger partial charge in [-0.2, -0.15) is 0 Å². The summed E-state index contributed by atoms with van der Waals surface area (Å²) in [5.41, 5.74) is -0.353. The Kier molecular flexibility index (Phi) is 3.63. The van der Waals surface area contributed by atoms with Crippen LogP contribution in [0.15, 0.2) is 22.6 Å². The highest BCUT2D eigenvalue weighted by Gasteiger charge is 2.07. The lowest BCUT2D eigenvalue weighted by atomic mass is 10.8. The van der Waals surface area contributed by atoms with Gasteiger partial charge in [-0.25, -0.2) is 9.89 Å². The van der Waals surface area contributed by atoms with E-state index in [0.717, 1.165) is 4.73 Å². The van der Waals surface area contributed by atoms with E-state index in [1.807, 2.05) is 0 Å². The molecule has 0 saturated heterocycles. The Hall–Kier alpha value is -1.17. The van der Waals surface area contributed by atoms with Gasteiger partial charge in [0.25, 0.3) is 0 Å². The minimum Gasteiger partial charge on any atom is -0.407 e. The van der Waals surface area contributed by atoms with Gasteiger partial charge in [0.15, 0.2) is 0 Å². The van der Waals surface area contributed by atoms with Gasteiger partial charge >= 0.3 is 5.69 Å². The number of aromatic nitrogens is 3. The van der Waals surface area contributed by atoms with Crippen LogP contribution < -0.4 is 10.5 Å². The van der Waals surface area contributed by atoms with E-state index in [1.165, 1.54) is 11.8 Å². The molecular weight excluding hydrogens is 190 g/mol. The largest absolute Gasteiger partial charge is 0.407 e. The number of thioether (sulfide) groups is 1. The first kappa shape index (κ1) is 9.91. The van der Waals surface area contributed by atoms with Gasteiger partial charge in [-0.3, -0.25) is 0 Å². The highest BCUT2D eigenvalue weighted by atomic mass is 32.2. The number of H-pyrrole nitrogens is 1. The van der Waals surface area contributed by atoms with Crippen LogP contribution in [0, 0.1) is 0 Å². The van der Waals surface area contributed by atoms with Crippen molar-refractivity contribution < 1.29 is 4.84 Å². The molecule has 0 bridgehead atoms. The van der Waals surface area contributed by atoms with Gasteiger partial charge in [-0.05, 0) is 6.92 Å². The maximum atomic E-state index is 11.1. The number of hydrogen-bond acceptors (Lipinski definition) is 4. The van der Waals surface area contributed by atoms with E-state index >= 15 is 0 Å². The van der Waals surface area contributed by atoms with Crippen LogP contribution >= 0.6 is 11.8 Å². The van der Waals surface area contributed by atoms with E-state index in [0.29, 0.717) is 17.5 Å². The van der Waals surface area contributed by atoms with Crippen molar-refractivity contribution in [3.8, 4) is 0 Å². The van der Waals surface area contributed by atoms with E-state index in [4.69, 9.17) is 4.84 Å². The molecule has 0 atom stereocenters. The number of rotatable bonds is 5. The van der Waals surface area contributed by atoms with E-state index < -0.39 is 0 Å². The Morgan fingerprint density at radius 3 is 3.23 bits per heavy atom. The van der Waals surface area contributed by atoms with E-state index in [2.05, 4.69) is 16.8 Å². The molecule has 72 valence electrons. The number of nitrogens with one attached hydrogen (secondary N) is 1. The number of aromatic amines is 1. The minimum absolute atomic E-state index is 0.353. The smallest absolute Gasteiger partial charge is 0.377 e. The van der Waals surface area contributed by atoms with Crippen LogP contribution in [0.1, 0.15) is 6.92 Å². The first-order valence-electron chi connectivity index (χ1n) is 3.84. The Labute approximate surface area is 79.7 Å². The molecule has 0 aliphatic carbocycles. The molecule has 13 heavy (non-hydrogen) atoms. The molecule has 0 aromatic carbocycles. The van der Waals surface area contributed by atoms with Crippen LogP contribution in [0.2, 0.25) is 0 Å². The lowest BCUT2D eigenvalue weighted by Crippen LogP contribution is -2.25. The lowest BCUT2D eigenvalue weighted by Gasteiger charge is -2.02. The SMILES string of the molecule is C=CCSc1n[nH]c(=O)n1OCC. The molecule has 5 nitrogen and oxygen atoms in total. The summed E-state index contributed by atoms with van der Waals surface area (Å²) in [6.45, 7) is 5.81. The zero-order valence-corrected chi connectivity index (χ0v) is 8.13. The number of hydrogen-bond donors (Lipinski definition) is 1. The fraction of sp³-hybridized carbons (Fsp3) is 0.429. The van der Waals surface area contributed by atoms with Crippen molar-refractivity contribution >= 4 is 11.8 Å². The van der Waals surface area contributed by atoms with Crippen molar-refractivity contribution in [1.29, 1.82) is 0 Å². The average Bonchev–Trinajstić information content (AvgIpc) is 2.46. The first-order valence-corrected chi connectivity index (χ1v) is 4.82. The van der Waals surface area contributed by atoms with Crippen molar-refractivity contribution in [2.45, 2.75) is 12.1 Å². The lowest BCUT2D eigenvalue weighted by molar-refractivity contribution is 0.0941. The van der Waals surface area contributed by atoms with Crippen molar-refractivity contribution in [2.24, 2.45) is 0 Å². The maximum absolute atomic E-state index is 11.1. The second-order valence-electron chi connectivity index (χ2n) is 2.12. The number of nitrogens with zero attached hydrogens (tertiary/aromatic N) is 2. The second kappa shape index (κ2) is 4.76. The minimum atomic E-state index is -0.353. The summed E-state index contributed by atoms with van der Waals surface area (Å²) in [5.74, 6) is 0.692. The first-order chi connectivity index (χ1) is 6.29. The third kappa shape index (κ3) is 2.38. The molecule has 0 fully saturated rings. The summed E-state index contributed by atoms with van der Waals surface area (Å²) in [6, 6.07) is 0. The molecule has 1 heterocycles. The molecule has 0 radical (unpaired) electrons. The molecule has 1 rings (SSSR count). The predicted molar refractivity (Wildman–Crippen MR) is 50.9 cm³/mol. The van der Waals surface area contributed by atoms with Gasteiger partial charge in [-0.15, -0.1) is 16.4 Å². The summed E-state index contributed by atoms with van der Waals surface area (Å²) in [4.78, 5) is 16.1. The second-order valence-corrected chi connectivity index (χ2v) is 3.11. The highest BCUT2D eigenvalue weighted by molar-refractivity contribution is 7.99. The summed E-state index contributed by atoms with van der Waals surface area (Å²) in [7, 11) is 0. The van der Waals surface area contributed by atoms with E-state index in [1.54, 1.807) is 13.0 Å². The van der Waals surface area contributed by atoms with Crippen LogP contribution in [0.25, 0.3) is 0 Å². The van der Waals surface area contributed by atoms with Crippen molar-refractivity contribution in [3.05, 3.63) is 23.1 Å². The summed E-state index contributed by atoms with van der Waals surface area (Å²) < 4.78 is 1.15. The molecule has 0 spiro atoms. The quantitative estimate of drug-likeness (QED) is 0.549. The summed E-state index contributed by atoms with van der Waals surface area (Å²) in [5, 5.41) is 6.62. The highest BCUT2D eigenvalue weighted by Crippen LogP contribution is 2.11. The Balaban J connectivity index is 2.80. The molecule has 0 saturated carbocycles. The zero-order chi connectivity index (χ0) is 9.68. The predicted octanol–water partition coefficient (Wildman–Crippen LogP) is 0.298. The maximum Gasteiger partial charge on any atom is 0.377 e. The third-order valence-corrected chi connectivity index (χ3v) is 2.11. The molecule has 1 N–H and O–H groups in total. The molecule has 6 heteroatoms. The van der Waals surface area contributed by atoms with Gasteiger partial charge in [0.1, 0.15) is 6.61 Å². The summed E-state index contributed by atoms with van der Waals surface area (Å²) in [6.07, 6.45) is 1.74. The van der Waals surface area contributed by atoms with Crippen molar-refractivity contribution in [2.75, 3.05) is 12.4 Å². The fourth-order valence-electron chi connectivity index (χ4n) is 0.741. The van der Waals surface area contributed by atoms with Crippen molar-refractivity contribution in [3.63, 3.8) is 0 Å². The molecule has 1 aromatic rings. The molecule has 0 aliphatic heterocycles. The van der Waals surface area contributed by atoms with Crippen LogP contribution in [0.5, 0.6) is 0 Å². The van der Waals surface area contributed by atoms with Gasteiger partial charge in [0.2, 0.25) is 5.16 Å². The van der Waals surface area contributed by atoms with Gasteiger partial charge < -0.3 is 4.84 Å². The monoisotopic (exact) mass is 201 g/mol. The molecule has 1 aromatic heterocycles. The van der Waals surface area contributed by atoms with Crippen LogP contribution in [-0.4, -0.2) is 27.3 Å². The average molecular weight is 201 g/mol. The normalized spacial score (nSPS) is 9.92. The molecule has 0 amide bonds. The zero-order valence-electron chi connectivity index (χ0n) is 7.32. The molecular formula is C7H11N3O2S. The van der Waals surface area contributed by atoms with Crippen LogP contribution in [-0.2, 0) is 0 Å². The van der Waals surface area contributed by atoms with Crippen LogP contribution in [0.4, 0.5) is 0 Å². The third-order valence-electron chi connectivity index (χ3n) is 1.19. The molecule has 0 unspecified atom stereocenters. The summed E-state index contributed by atoms with van der Waals surface area (Å²) >= 11 is 1.39. The van der Waals surface area contributed by atoms with Crippen molar-refractivity contribution in [1.82, 2.24) is 14.9 Å². The topological polar surface area (TPSA) is 59.9 Å². The van der Waals surface area contributed by atoms with Gasteiger partial charge in [0, 0.05) is 5.75 Å². The van der Waals surface area contributed by atoms with E-state index in [9.17, 15) is 4.79 Å². The van der Waals surface area contributed by atoms with Gasteiger partial charge in [-0.1, -0.05) is 17.8 Å². The standard InChI is InChI=1S/C7H11N3O2S/c1-3-5-13-7-9-8-6(11)10(7)12-4-2/h3H,1,4-5H2,2H3,(H,8,11). The van der Waals surface area contributed by atoms with Gasteiger partial charge in [0.05, 0.1) is 0 Å².